The van der Waals surface area contributed by atoms with Gasteiger partial charge in [-0.3, -0.25) is 9.59 Å². The Kier molecular flexibility index (Phi) is 4.74. The number of hydrogen-bond acceptors (Lipinski definition) is 5. The highest BCUT2D eigenvalue weighted by atomic mass is 32.2. The van der Waals surface area contributed by atoms with E-state index in [0.29, 0.717) is 23.0 Å². The summed E-state index contributed by atoms with van der Waals surface area (Å²) in [5.41, 5.74) is 1.10. The van der Waals surface area contributed by atoms with E-state index in [1.807, 2.05) is 0 Å². The van der Waals surface area contributed by atoms with Gasteiger partial charge in [-0.05, 0) is 27.7 Å². The molecule has 0 radical (unpaired) electrons. The molecule has 1 aromatic heterocycles. The molecule has 0 saturated carbocycles. The summed E-state index contributed by atoms with van der Waals surface area (Å²) in [6.45, 7) is 7.30. The van der Waals surface area contributed by atoms with E-state index in [9.17, 15) is 9.59 Å². The van der Waals surface area contributed by atoms with Crippen LogP contribution in [0.25, 0.3) is 0 Å². The number of thioether (sulfide) groups is 1. The number of hydrogen-bond donors (Lipinski definition) is 1. The number of carbonyl (C=O) groups excluding carboxylic acids is 1. The number of H-pyrrole nitrogens is 1. The molecule has 0 bridgehead atoms. The number of rotatable bonds is 4. The summed E-state index contributed by atoms with van der Waals surface area (Å²) in [7, 11) is 0. The number of esters is 1. The Balaban J connectivity index is 2.82. The minimum Gasteiger partial charge on any atom is -0.465 e. The van der Waals surface area contributed by atoms with Crippen LogP contribution < -0.4 is 5.56 Å². The highest BCUT2D eigenvalue weighted by molar-refractivity contribution is 8.00. The van der Waals surface area contributed by atoms with E-state index < -0.39 is 0 Å². The molecule has 0 unspecified atom stereocenters. The van der Waals surface area contributed by atoms with Gasteiger partial charge < -0.3 is 9.72 Å². The third-order valence-corrected chi connectivity index (χ3v) is 3.24. The molecule has 1 heterocycles. The fourth-order valence-electron chi connectivity index (χ4n) is 1.15. The highest BCUT2D eigenvalue weighted by Gasteiger charge is 2.17. The smallest absolute Gasteiger partial charge is 0.319 e. The van der Waals surface area contributed by atoms with E-state index in [1.54, 1.807) is 27.7 Å². The average molecular weight is 256 g/mol. The van der Waals surface area contributed by atoms with Gasteiger partial charge in [0.2, 0.25) is 0 Å². The number of ether oxygens (including phenoxy) is 1. The number of nitrogens with one attached hydrogen (secondary N) is 1. The molecule has 0 amide bonds. The van der Waals surface area contributed by atoms with Crippen molar-refractivity contribution in [3.05, 3.63) is 21.6 Å². The lowest BCUT2D eigenvalue weighted by atomic mass is 10.3. The third-order valence-electron chi connectivity index (χ3n) is 2.28. The Labute approximate surface area is 104 Å². The minimum atomic E-state index is -0.389. The van der Waals surface area contributed by atoms with Gasteiger partial charge in [0.15, 0.2) is 5.16 Å². The predicted molar refractivity (Wildman–Crippen MR) is 66.3 cm³/mol. The first kappa shape index (κ1) is 13.8. The molecule has 0 aromatic carbocycles. The molecule has 17 heavy (non-hydrogen) atoms. The van der Waals surface area contributed by atoms with E-state index in [-0.39, 0.29) is 16.8 Å². The first-order valence-electron chi connectivity index (χ1n) is 5.36. The van der Waals surface area contributed by atoms with Gasteiger partial charge in [0.25, 0.3) is 5.56 Å². The molecule has 0 aliphatic carbocycles. The fourth-order valence-corrected chi connectivity index (χ4v) is 1.99. The molecule has 0 spiro atoms. The Bertz CT molecular complexity index is 470. The molecule has 1 atom stereocenters. The predicted octanol–water partition coefficient (Wildman–Crippen LogP) is 1.43. The van der Waals surface area contributed by atoms with Crippen LogP contribution in [0, 0.1) is 13.8 Å². The van der Waals surface area contributed by atoms with Crippen molar-refractivity contribution in [3.8, 4) is 0 Å². The maximum absolute atomic E-state index is 11.5. The second-order valence-electron chi connectivity index (χ2n) is 3.59. The molecule has 1 rings (SSSR count). The Morgan fingerprint density at radius 2 is 2.18 bits per heavy atom. The largest absolute Gasteiger partial charge is 0.465 e. The van der Waals surface area contributed by atoms with Crippen molar-refractivity contribution in [2.45, 2.75) is 38.1 Å². The average Bonchev–Trinajstić information content (AvgIpc) is 2.26. The van der Waals surface area contributed by atoms with Crippen LogP contribution >= 0.6 is 11.8 Å². The molecular formula is C11H16N2O3S. The highest BCUT2D eigenvalue weighted by Crippen LogP contribution is 2.19. The van der Waals surface area contributed by atoms with Crippen molar-refractivity contribution >= 4 is 17.7 Å². The monoisotopic (exact) mass is 256 g/mol. The minimum absolute atomic E-state index is 0.170. The van der Waals surface area contributed by atoms with Gasteiger partial charge in [-0.25, -0.2) is 4.98 Å². The van der Waals surface area contributed by atoms with E-state index in [1.165, 1.54) is 11.8 Å². The number of nitrogens with zero attached hydrogens (tertiary/aromatic N) is 1. The molecule has 0 aliphatic heterocycles. The summed E-state index contributed by atoms with van der Waals surface area (Å²) in [6.07, 6.45) is 0. The van der Waals surface area contributed by atoms with Gasteiger partial charge in [-0.1, -0.05) is 11.8 Å². The van der Waals surface area contributed by atoms with Crippen LogP contribution in [-0.2, 0) is 9.53 Å². The van der Waals surface area contributed by atoms with Crippen molar-refractivity contribution in [3.63, 3.8) is 0 Å². The second-order valence-corrected chi connectivity index (χ2v) is 4.92. The number of aryl methyl sites for hydroxylation is 1. The number of aromatic nitrogens is 2. The van der Waals surface area contributed by atoms with Crippen LogP contribution in [0.4, 0.5) is 0 Å². The Morgan fingerprint density at radius 1 is 1.53 bits per heavy atom. The van der Waals surface area contributed by atoms with Crippen LogP contribution in [-0.4, -0.2) is 27.8 Å². The van der Waals surface area contributed by atoms with E-state index in [4.69, 9.17) is 4.74 Å². The van der Waals surface area contributed by atoms with Gasteiger partial charge in [-0.2, -0.15) is 0 Å². The van der Waals surface area contributed by atoms with Gasteiger partial charge in [-0.15, -0.1) is 0 Å². The Morgan fingerprint density at radius 3 is 2.71 bits per heavy atom. The molecule has 0 aliphatic rings. The molecule has 94 valence electrons. The van der Waals surface area contributed by atoms with Crippen molar-refractivity contribution < 1.29 is 9.53 Å². The van der Waals surface area contributed by atoms with Gasteiger partial charge in [0.05, 0.1) is 6.61 Å². The molecule has 0 fully saturated rings. The van der Waals surface area contributed by atoms with Crippen molar-refractivity contribution in [2.75, 3.05) is 6.61 Å². The molecule has 1 aromatic rings. The van der Waals surface area contributed by atoms with Gasteiger partial charge in [0.1, 0.15) is 5.25 Å². The van der Waals surface area contributed by atoms with Crippen LogP contribution in [0.2, 0.25) is 0 Å². The molecular weight excluding hydrogens is 240 g/mol. The lowest BCUT2D eigenvalue weighted by Crippen LogP contribution is -2.19. The van der Waals surface area contributed by atoms with E-state index >= 15 is 0 Å². The molecule has 1 N–H and O–H groups in total. The summed E-state index contributed by atoms with van der Waals surface area (Å²) >= 11 is 1.19. The van der Waals surface area contributed by atoms with E-state index in [2.05, 4.69) is 9.97 Å². The lowest BCUT2D eigenvalue weighted by molar-refractivity contribution is -0.142. The first-order chi connectivity index (χ1) is 7.95. The summed E-state index contributed by atoms with van der Waals surface area (Å²) in [6, 6.07) is 0. The van der Waals surface area contributed by atoms with Crippen LogP contribution in [0.3, 0.4) is 0 Å². The summed E-state index contributed by atoms with van der Waals surface area (Å²) in [5.74, 6) is -0.307. The maximum atomic E-state index is 11.5. The zero-order chi connectivity index (χ0) is 13.0. The molecule has 5 nitrogen and oxygen atoms in total. The summed E-state index contributed by atoms with van der Waals surface area (Å²) < 4.78 is 4.88. The van der Waals surface area contributed by atoms with Crippen LogP contribution in [0.1, 0.15) is 25.1 Å². The second kappa shape index (κ2) is 5.86. The van der Waals surface area contributed by atoms with Crippen molar-refractivity contribution in [1.82, 2.24) is 9.97 Å². The van der Waals surface area contributed by atoms with Crippen LogP contribution in [0.5, 0.6) is 0 Å². The third kappa shape index (κ3) is 3.59. The molecule has 0 saturated heterocycles. The van der Waals surface area contributed by atoms with E-state index in [0.717, 1.165) is 0 Å². The summed E-state index contributed by atoms with van der Waals surface area (Å²) in [5, 5.41) is 0.0545. The number of carbonyl (C=O) groups is 1. The topological polar surface area (TPSA) is 72.0 Å². The molecule has 6 heteroatoms. The van der Waals surface area contributed by atoms with Crippen molar-refractivity contribution in [1.29, 1.82) is 0 Å². The van der Waals surface area contributed by atoms with Gasteiger partial charge in [0, 0.05) is 11.3 Å². The quantitative estimate of drug-likeness (QED) is 0.501. The Hall–Kier alpha value is -1.30. The SMILES string of the molecule is CCOC(=O)[C@H](C)Sc1nc(C)c(C)c(=O)[nH]1. The zero-order valence-corrected chi connectivity index (χ0v) is 11.2. The summed E-state index contributed by atoms with van der Waals surface area (Å²) in [4.78, 5) is 29.8. The van der Waals surface area contributed by atoms with Crippen molar-refractivity contribution in [2.24, 2.45) is 0 Å². The maximum Gasteiger partial charge on any atom is 0.319 e. The zero-order valence-electron chi connectivity index (χ0n) is 10.4. The fraction of sp³-hybridized carbons (Fsp3) is 0.545. The standard InChI is InChI=1S/C11H16N2O3S/c1-5-16-10(15)8(4)17-11-12-7(3)6(2)9(14)13-11/h8H,5H2,1-4H3,(H,12,13,14)/t8-/m0/s1. The lowest BCUT2D eigenvalue weighted by Gasteiger charge is -2.09. The van der Waals surface area contributed by atoms with Gasteiger partial charge >= 0.3 is 5.97 Å². The normalized spacial score (nSPS) is 12.2. The van der Waals surface area contributed by atoms with Crippen LogP contribution in [0.15, 0.2) is 9.95 Å². The number of aromatic amines is 1. The first-order valence-corrected chi connectivity index (χ1v) is 6.24.